The number of likely N-dealkylation sites (tertiary alicyclic amines) is 1. The fraction of sp³-hybridized carbons (Fsp3) is 0.714. The molecule has 0 spiro atoms. The molecule has 1 heterocycles. The summed E-state index contributed by atoms with van der Waals surface area (Å²) in [5, 5.41) is 10.8. The summed E-state index contributed by atoms with van der Waals surface area (Å²) in [7, 11) is 5.57. The molecule has 1 saturated heterocycles. The van der Waals surface area contributed by atoms with Gasteiger partial charge >= 0.3 is 0 Å². The van der Waals surface area contributed by atoms with Crippen molar-refractivity contribution < 1.29 is 14.6 Å². The van der Waals surface area contributed by atoms with E-state index in [1.165, 1.54) is 5.56 Å². The van der Waals surface area contributed by atoms with Gasteiger partial charge in [-0.1, -0.05) is 19.9 Å². The number of likely N-dealkylation sites (N-methyl/N-ethyl adjacent to an activating group) is 1. The molecule has 1 aliphatic heterocycles. The quantitative estimate of drug-likeness (QED) is 0.886. The Bertz CT molecular complexity index is 603. The highest BCUT2D eigenvalue weighted by Gasteiger charge is 2.53. The van der Waals surface area contributed by atoms with Crippen LogP contribution in [0, 0.1) is 11.8 Å². The maximum Gasteiger partial charge on any atom is 0.161 e. The van der Waals surface area contributed by atoms with Gasteiger partial charge in [-0.15, -0.1) is 0 Å². The van der Waals surface area contributed by atoms with Crippen LogP contribution < -0.4 is 9.47 Å². The van der Waals surface area contributed by atoms with E-state index in [0.717, 1.165) is 43.7 Å². The monoisotopic (exact) mass is 347 g/mol. The maximum absolute atomic E-state index is 10.8. The van der Waals surface area contributed by atoms with Crippen molar-refractivity contribution in [3.05, 3.63) is 23.8 Å². The molecule has 0 bridgehead atoms. The predicted molar refractivity (Wildman–Crippen MR) is 100 cm³/mol. The van der Waals surface area contributed by atoms with Gasteiger partial charge in [0.05, 0.1) is 20.3 Å². The SMILES string of the molecule is COc1ccc([C@]23CCN(C)[C@H]2CC(O)[C@H](CC(C)C)C3)cc1OC. The minimum absolute atomic E-state index is 0.104. The Morgan fingerprint density at radius 2 is 1.96 bits per heavy atom. The van der Waals surface area contributed by atoms with Gasteiger partial charge in [0.2, 0.25) is 0 Å². The number of benzene rings is 1. The molecule has 1 unspecified atom stereocenters. The highest BCUT2D eigenvalue weighted by atomic mass is 16.5. The minimum atomic E-state index is -0.193. The summed E-state index contributed by atoms with van der Waals surface area (Å²) in [5.74, 6) is 2.56. The van der Waals surface area contributed by atoms with Gasteiger partial charge in [-0.05, 0) is 68.8 Å². The van der Waals surface area contributed by atoms with Crippen LogP contribution in [0.3, 0.4) is 0 Å². The van der Waals surface area contributed by atoms with Gasteiger partial charge in [0.25, 0.3) is 0 Å². The van der Waals surface area contributed by atoms with E-state index >= 15 is 0 Å². The molecule has 4 heteroatoms. The number of nitrogens with zero attached hydrogens (tertiary/aromatic N) is 1. The lowest BCUT2D eigenvalue weighted by atomic mass is 9.61. The third-order valence-corrected chi connectivity index (χ3v) is 6.45. The number of methoxy groups -OCH3 is 2. The van der Waals surface area contributed by atoms with Crippen molar-refractivity contribution in [3.8, 4) is 11.5 Å². The van der Waals surface area contributed by atoms with Gasteiger partial charge in [-0.25, -0.2) is 0 Å². The van der Waals surface area contributed by atoms with Crippen molar-refractivity contribution in [1.29, 1.82) is 0 Å². The third kappa shape index (κ3) is 3.26. The normalized spacial score (nSPS) is 32.7. The Balaban J connectivity index is 2.00. The first-order valence-electron chi connectivity index (χ1n) is 9.52. The van der Waals surface area contributed by atoms with Crippen LogP contribution in [0.2, 0.25) is 0 Å². The number of fused-ring (bicyclic) bond motifs is 1. The highest BCUT2D eigenvalue weighted by molar-refractivity contribution is 5.46. The first-order chi connectivity index (χ1) is 11.9. The van der Waals surface area contributed by atoms with Crippen molar-refractivity contribution in [1.82, 2.24) is 4.90 Å². The van der Waals surface area contributed by atoms with E-state index in [9.17, 15) is 5.11 Å². The van der Waals surface area contributed by atoms with E-state index < -0.39 is 0 Å². The second kappa shape index (κ2) is 7.16. The van der Waals surface area contributed by atoms with E-state index in [4.69, 9.17) is 9.47 Å². The number of aliphatic hydroxyl groups excluding tert-OH is 1. The minimum Gasteiger partial charge on any atom is -0.493 e. The summed E-state index contributed by atoms with van der Waals surface area (Å²) in [5.41, 5.74) is 1.44. The summed E-state index contributed by atoms with van der Waals surface area (Å²) in [6.07, 6.45) is 3.96. The van der Waals surface area contributed by atoms with Gasteiger partial charge in [-0.2, -0.15) is 0 Å². The number of hydrogen-bond acceptors (Lipinski definition) is 4. The number of hydrogen-bond donors (Lipinski definition) is 1. The fourth-order valence-corrected chi connectivity index (χ4v) is 5.24. The molecule has 2 aliphatic rings. The van der Waals surface area contributed by atoms with Crippen LogP contribution in [0.15, 0.2) is 18.2 Å². The molecule has 1 N–H and O–H groups in total. The lowest BCUT2D eigenvalue weighted by Crippen LogP contribution is -2.51. The second-order valence-electron chi connectivity index (χ2n) is 8.37. The molecule has 3 rings (SSSR count). The zero-order valence-corrected chi connectivity index (χ0v) is 16.3. The van der Waals surface area contributed by atoms with Crippen LogP contribution >= 0.6 is 0 Å². The molecule has 0 amide bonds. The van der Waals surface area contributed by atoms with E-state index in [0.29, 0.717) is 17.9 Å². The Hall–Kier alpha value is -1.26. The number of rotatable bonds is 5. The Labute approximate surface area is 152 Å². The fourth-order valence-electron chi connectivity index (χ4n) is 5.24. The average molecular weight is 347 g/mol. The van der Waals surface area contributed by atoms with Crippen LogP contribution in [0.1, 0.15) is 45.1 Å². The molecule has 4 atom stereocenters. The Kier molecular flexibility index (Phi) is 5.31. The molecule has 1 aliphatic carbocycles. The molecular weight excluding hydrogens is 314 g/mol. The molecule has 1 aromatic carbocycles. The number of ether oxygens (including phenoxy) is 2. The molecule has 2 fully saturated rings. The molecular formula is C21H33NO3. The first-order valence-corrected chi connectivity index (χ1v) is 9.52. The molecule has 25 heavy (non-hydrogen) atoms. The second-order valence-corrected chi connectivity index (χ2v) is 8.37. The summed E-state index contributed by atoms with van der Waals surface area (Å²) in [4.78, 5) is 2.44. The lowest BCUT2D eigenvalue weighted by Gasteiger charge is -2.47. The van der Waals surface area contributed by atoms with Crippen molar-refractivity contribution in [3.63, 3.8) is 0 Å². The van der Waals surface area contributed by atoms with Crippen LogP contribution in [0.5, 0.6) is 11.5 Å². The van der Waals surface area contributed by atoms with Crippen LogP contribution in [0.25, 0.3) is 0 Å². The standard InChI is InChI=1S/C21H33NO3/c1-14(2)10-15-13-21(8-9-22(3)20(21)12-17(15)23)16-6-7-18(24-4)19(11-16)25-5/h6-7,11,14-15,17,20,23H,8-10,12-13H2,1-5H3/t15-,17?,20+,21-/m1/s1. The largest absolute Gasteiger partial charge is 0.493 e. The van der Waals surface area contributed by atoms with Gasteiger partial charge in [-0.3, -0.25) is 0 Å². The highest BCUT2D eigenvalue weighted by Crippen LogP contribution is 2.52. The first kappa shape index (κ1) is 18.5. The smallest absolute Gasteiger partial charge is 0.161 e. The average Bonchev–Trinajstić information content (AvgIpc) is 2.91. The summed E-state index contributed by atoms with van der Waals surface area (Å²) < 4.78 is 11.0. The summed E-state index contributed by atoms with van der Waals surface area (Å²) in [6, 6.07) is 6.79. The maximum atomic E-state index is 10.8. The zero-order chi connectivity index (χ0) is 18.2. The van der Waals surface area contributed by atoms with Gasteiger partial charge in [0.1, 0.15) is 0 Å². The van der Waals surface area contributed by atoms with Gasteiger partial charge in [0.15, 0.2) is 11.5 Å². The van der Waals surface area contributed by atoms with Crippen molar-refractivity contribution in [2.45, 2.75) is 57.1 Å². The van der Waals surface area contributed by atoms with Crippen molar-refractivity contribution >= 4 is 0 Å². The van der Waals surface area contributed by atoms with E-state index in [-0.39, 0.29) is 11.5 Å². The zero-order valence-electron chi connectivity index (χ0n) is 16.3. The molecule has 0 aromatic heterocycles. The van der Waals surface area contributed by atoms with Gasteiger partial charge < -0.3 is 19.5 Å². The Morgan fingerprint density at radius 3 is 2.60 bits per heavy atom. The summed E-state index contributed by atoms with van der Waals surface area (Å²) >= 11 is 0. The van der Waals surface area contributed by atoms with Crippen LogP contribution in [-0.4, -0.2) is 50.0 Å². The summed E-state index contributed by atoms with van der Waals surface area (Å²) in [6.45, 7) is 5.59. The molecule has 1 saturated carbocycles. The van der Waals surface area contributed by atoms with Crippen LogP contribution in [0.4, 0.5) is 0 Å². The topological polar surface area (TPSA) is 41.9 Å². The Morgan fingerprint density at radius 1 is 1.24 bits per heavy atom. The number of aliphatic hydroxyl groups is 1. The molecule has 1 aromatic rings. The molecule has 0 radical (unpaired) electrons. The van der Waals surface area contributed by atoms with E-state index in [1.54, 1.807) is 14.2 Å². The van der Waals surface area contributed by atoms with Crippen molar-refractivity contribution in [2.75, 3.05) is 27.8 Å². The van der Waals surface area contributed by atoms with E-state index in [1.807, 2.05) is 6.07 Å². The lowest BCUT2D eigenvalue weighted by molar-refractivity contribution is -0.000799. The molecule has 140 valence electrons. The third-order valence-electron chi connectivity index (χ3n) is 6.45. The predicted octanol–water partition coefficient (Wildman–Crippen LogP) is 3.46. The molecule has 4 nitrogen and oxygen atoms in total. The van der Waals surface area contributed by atoms with E-state index in [2.05, 4.69) is 37.9 Å². The van der Waals surface area contributed by atoms with Crippen molar-refractivity contribution in [2.24, 2.45) is 11.8 Å². The van der Waals surface area contributed by atoms with Gasteiger partial charge in [0, 0.05) is 11.5 Å². The van der Waals surface area contributed by atoms with Crippen LogP contribution in [-0.2, 0) is 5.41 Å².